The molecule has 0 saturated heterocycles. The first-order valence-corrected chi connectivity index (χ1v) is 16.2. The van der Waals surface area contributed by atoms with Crippen molar-refractivity contribution >= 4 is 53.4 Å². The molecular formula is C45H27N3OS. The number of rotatable bonds is 5. The maximum atomic E-state index is 9.61. The molecule has 0 atom stereocenters. The maximum Gasteiger partial charge on any atom is 0.164 e. The third-order valence-electron chi connectivity index (χ3n) is 8.23. The summed E-state index contributed by atoms with van der Waals surface area (Å²) in [5, 5.41) is 1.44. The third kappa shape index (κ3) is 4.87. The molecule has 0 aliphatic carbocycles. The molecule has 0 amide bonds. The molecule has 0 saturated carbocycles. The molecule has 7 aromatic carbocycles. The van der Waals surface area contributed by atoms with Crippen molar-refractivity contribution in [2.45, 2.75) is 0 Å². The normalized spacial score (nSPS) is 15.8. The molecule has 0 fully saturated rings. The van der Waals surface area contributed by atoms with Crippen molar-refractivity contribution in [3.05, 3.63) is 163 Å². The standard InChI is InChI=1S/C45H27N3OS/c1-3-11-28(12-4-1)34-18-10-20-40-42(34)37-24-21-31(27-41(37)50-40)30-15-9-16-32(25-30)44-46-43(29-13-5-2-6-14-29)47-45(48-44)33-22-23-36-35-17-7-8-19-38(35)49-39(36)26-33/h1-27H/i1D,3D,4D,9D,10D,11D,12D,15D,16D,18D,20D,21D,24D,25D,27D. The van der Waals surface area contributed by atoms with Crippen LogP contribution in [0.2, 0.25) is 0 Å². The molecule has 5 heteroatoms. The number of hydrogen-bond acceptors (Lipinski definition) is 5. The molecule has 4 nitrogen and oxygen atoms in total. The van der Waals surface area contributed by atoms with Crippen molar-refractivity contribution in [2.24, 2.45) is 0 Å². The third-order valence-corrected chi connectivity index (χ3v) is 9.25. The Kier molecular flexibility index (Phi) is 4.02. The topological polar surface area (TPSA) is 51.8 Å². The quantitative estimate of drug-likeness (QED) is 0.183. The minimum atomic E-state index is -0.718. The van der Waals surface area contributed by atoms with Gasteiger partial charge >= 0.3 is 0 Å². The number of fused-ring (bicyclic) bond motifs is 6. The van der Waals surface area contributed by atoms with Gasteiger partial charge in [0.1, 0.15) is 11.2 Å². The van der Waals surface area contributed by atoms with E-state index in [9.17, 15) is 5.48 Å². The van der Waals surface area contributed by atoms with E-state index in [0.29, 0.717) is 22.3 Å². The largest absolute Gasteiger partial charge is 0.456 e. The van der Waals surface area contributed by atoms with Gasteiger partial charge in [-0.25, -0.2) is 15.0 Å². The van der Waals surface area contributed by atoms with Gasteiger partial charge in [-0.05, 0) is 58.6 Å². The molecular weight excluding hydrogens is 631 g/mol. The van der Waals surface area contributed by atoms with Crippen LogP contribution in [0.3, 0.4) is 0 Å². The lowest BCUT2D eigenvalue weighted by atomic mass is 9.97. The molecule has 10 rings (SSSR count). The molecule has 0 N–H and O–H groups in total. The molecule has 0 radical (unpaired) electrons. The van der Waals surface area contributed by atoms with Crippen LogP contribution in [-0.4, -0.2) is 15.0 Å². The first-order valence-electron chi connectivity index (χ1n) is 22.9. The highest BCUT2D eigenvalue weighted by molar-refractivity contribution is 7.26. The van der Waals surface area contributed by atoms with Gasteiger partial charge in [0.05, 0.1) is 20.6 Å². The molecule has 0 spiro atoms. The van der Waals surface area contributed by atoms with Gasteiger partial charge in [-0.3, -0.25) is 0 Å². The zero-order valence-corrected chi connectivity index (χ0v) is 26.4. The highest BCUT2D eigenvalue weighted by Crippen LogP contribution is 2.42. The lowest BCUT2D eigenvalue weighted by molar-refractivity contribution is 0.669. The minimum Gasteiger partial charge on any atom is -0.456 e. The smallest absolute Gasteiger partial charge is 0.164 e. The fraction of sp³-hybridized carbons (Fsp3) is 0. The number of furan rings is 1. The molecule has 50 heavy (non-hydrogen) atoms. The van der Waals surface area contributed by atoms with Crippen molar-refractivity contribution in [3.63, 3.8) is 0 Å². The summed E-state index contributed by atoms with van der Waals surface area (Å²) in [4.78, 5) is 14.2. The lowest BCUT2D eigenvalue weighted by Crippen LogP contribution is -2.00. The van der Waals surface area contributed by atoms with Gasteiger partial charge in [0.2, 0.25) is 0 Å². The highest BCUT2D eigenvalue weighted by atomic mass is 32.1. The highest BCUT2D eigenvalue weighted by Gasteiger charge is 2.16. The number of thiophene rings is 1. The number of aromatic nitrogens is 3. The molecule has 3 heterocycles. The van der Waals surface area contributed by atoms with E-state index in [2.05, 4.69) is 4.98 Å². The van der Waals surface area contributed by atoms with Crippen LogP contribution >= 0.6 is 11.3 Å². The Labute approximate surface area is 313 Å². The summed E-state index contributed by atoms with van der Waals surface area (Å²) < 4.78 is 140. The molecule has 10 aromatic rings. The summed E-state index contributed by atoms with van der Waals surface area (Å²) in [6.07, 6.45) is 0. The van der Waals surface area contributed by atoms with Gasteiger partial charge in [-0.1, -0.05) is 127 Å². The molecule has 3 aromatic heterocycles. The summed E-state index contributed by atoms with van der Waals surface area (Å²) in [6.45, 7) is 0. The monoisotopic (exact) mass is 672 g/mol. The van der Waals surface area contributed by atoms with E-state index in [1.807, 2.05) is 30.3 Å². The van der Waals surface area contributed by atoms with Crippen LogP contribution in [-0.2, 0) is 0 Å². The van der Waals surface area contributed by atoms with Gasteiger partial charge in [0.25, 0.3) is 0 Å². The molecule has 0 aliphatic heterocycles. The Balaban J connectivity index is 1.24. The number of nitrogens with zero attached hydrogens (tertiary/aromatic N) is 3. The average Bonchev–Trinajstić information content (AvgIpc) is 3.90. The second kappa shape index (κ2) is 11.6. The summed E-state index contributed by atoms with van der Waals surface area (Å²) in [7, 11) is 0. The Morgan fingerprint density at radius 3 is 2.04 bits per heavy atom. The van der Waals surface area contributed by atoms with Gasteiger partial charge in [0.15, 0.2) is 17.5 Å². The fourth-order valence-electron chi connectivity index (χ4n) is 5.91. The number of benzene rings is 7. The SMILES string of the molecule is [2H]c1c([2H])c([2H])c(-c2c([2H])c([2H])c([2H])c3sc4c([2H])c(-c5c([2H])c([2H])c([2H])c(-c6nc(-c7ccccc7)nc(-c7ccc8c(c7)oc7ccccc78)n6)c5[2H])c([2H])c([2H])c4c23)c([2H])c1[2H]. The Morgan fingerprint density at radius 1 is 0.460 bits per heavy atom. The van der Waals surface area contributed by atoms with E-state index in [-0.39, 0.29) is 48.8 Å². The first kappa shape index (κ1) is 17.3. The average molecular weight is 673 g/mol. The first-order chi connectivity index (χ1) is 31.0. The summed E-state index contributed by atoms with van der Waals surface area (Å²) in [6, 6.07) is 12.1. The van der Waals surface area contributed by atoms with Crippen molar-refractivity contribution in [1.82, 2.24) is 15.0 Å². The van der Waals surface area contributed by atoms with Crippen LogP contribution < -0.4 is 0 Å². The van der Waals surface area contributed by atoms with E-state index < -0.39 is 107 Å². The second-order valence-electron chi connectivity index (χ2n) is 11.2. The van der Waals surface area contributed by atoms with Crippen molar-refractivity contribution < 1.29 is 25.0 Å². The zero-order valence-electron chi connectivity index (χ0n) is 40.6. The van der Waals surface area contributed by atoms with E-state index >= 15 is 0 Å². The van der Waals surface area contributed by atoms with Crippen LogP contribution in [0.5, 0.6) is 0 Å². The van der Waals surface area contributed by atoms with Gasteiger partial charge in [-0.2, -0.15) is 0 Å². The summed E-state index contributed by atoms with van der Waals surface area (Å²) in [5.74, 6) is 0.0657. The van der Waals surface area contributed by atoms with E-state index in [1.54, 1.807) is 42.5 Å². The summed E-state index contributed by atoms with van der Waals surface area (Å²) >= 11 is 0.740. The van der Waals surface area contributed by atoms with Crippen molar-refractivity contribution in [3.8, 4) is 56.4 Å². The molecule has 0 aliphatic rings. The molecule has 234 valence electrons. The van der Waals surface area contributed by atoms with Crippen LogP contribution in [0.1, 0.15) is 20.6 Å². The zero-order chi connectivity index (χ0) is 46.1. The maximum absolute atomic E-state index is 9.61. The van der Waals surface area contributed by atoms with E-state index in [1.165, 1.54) is 0 Å². The van der Waals surface area contributed by atoms with Gasteiger partial charge in [0, 0.05) is 47.6 Å². The van der Waals surface area contributed by atoms with Gasteiger partial charge in [-0.15, -0.1) is 11.3 Å². The minimum absolute atomic E-state index is 0.0612. The van der Waals surface area contributed by atoms with Crippen LogP contribution in [0.15, 0.2) is 168 Å². The molecule has 0 bridgehead atoms. The van der Waals surface area contributed by atoms with E-state index in [0.717, 1.165) is 22.1 Å². The van der Waals surface area contributed by atoms with Crippen LogP contribution in [0.25, 0.3) is 98.5 Å². The number of hydrogen-bond donors (Lipinski definition) is 0. The van der Waals surface area contributed by atoms with Crippen LogP contribution in [0.4, 0.5) is 0 Å². The summed E-state index contributed by atoms with van der Waals surface area (Å²) in [5.41, 5.74) is 0.280. The fourth-order valence-corrected chi connectivity index (χ4v) is 6.93. The Bertz CT molecular complexity index is 3710. The number of para-hydroxylation sites is 1. The van der Waals surface area contributed by atoms with Crippen LogP contribution in [0, 0.1) is 0 Å². The lowest BCUT2D eigenvalue weighted by Gasteiger charge is -2.10. The van der Waals surface area contributed by atoms with Gasteiger partial charge < -0.3 is 4.42 Å². The predicted molar refractivity (Wildman–Crippen MR) is 207 cm³/mol. The Hall–Kier alpha value is -6.43. The van der Waals surface area contributed by atoms with Crippen molar-refractivity contribution in [2.75, 3.05) is 0 Å². The van der Waals surface area contributed by atoms with E-state index in [4.69, 9.17) is 29.5 Å². The Morgan fingerprint density at radius 2 is 1.16 bits per heavy atom. The molecule has 0 unspecified atom stereocenters. The predicted octanol–water partition coefficient (Wildman–Crippen LogP) is 12.5. The van der Waals surface area contributed by atoms with Crippen molar-refractivity contribution in [1.29, 1.82) is 0 Å². The second-order valence-corrected chi connectivity index (χ2v) is 12.3.